The number of anilines is 1. The normalized spacial score (nSPS) is 10.3. The fraction of sp³-hybridized carbons (Fsp3) is 0.143. The van der Waals surface area contributed by atoms with Crippen LogP contribution >= 0.6 is 11.8 Å². The number of rotatable bonds is 7. The highest BCUT2D eigenvalue weighted by atomic mass is 32.2. The van der Waals surface area contributed by atoms with Gasteiger partial charge in [0.25, 0.3) is 0 Å². The van der Waals surface area contributed by atoms with Crippen LogP contribution < -0.4 is 5.32 Å². The molecule has 28 heavy (non-hydrogen) atoms. The molecule has 0 spiro atoms. The molecule has 0 aliphatic carbocycles. The molecule has 2 aromatic carbocycles. The van der Waals surface area contributed by atoms with E-state index in [4.69, 9.17) is 5.26 Å². The summed E-state index contributed by atoms with van der Waals surface area (Å²) in [7, 11) is 0. The molecule has 0 radical (unpaired) electrons. The quantitative estimate of drug-likeness (QED) is 0.487. The van der Waals surface area contributed by atoms with E-state index in [-0.39, 0.29) is 11.7 Å². The highest BCUT2D eigenvalue weighted by Crippen LogP contribution is 2.25. The van der Waals surface area contributed by atoms with E-state index in [9.17, 15) is 4.79 Å². The van der Waals surface area contributed by atoms with Crippen molar-refractivity contribution in [3.63, 3.8) is 0 Å². The van der Waals surface area contributed by atoms with Gasteiger partial charge in [0.15, 0.2) is 11.0 Å². The van der Waals surface area contributed by atoms with E-state index in [1.807, 2.05) is 35.8 Å². The zero-order valence-electron chi connectivity index (χ0n) is 15.4. The van der Waals surface area contributed by atoms with Gasteiger partial charge in [-0.1, -0.05) is 47.7 Å². The van der Waals surface area contributed by atoms with Gasteiger partial charge in [0.1, 0.15) is 0 Å². The lowest BCUT2D eigenvalue weighted by atomic mass is 10.1. The number of carbonyl (C=O) groups is 1. The Morgan fingerprint density at radius 3 is 2.86 bits per heavy atom. The Labute approximate surface area is 167 Å². The minimum absolute atomic E-state index is 0.176. The van der Waals surface area contributed by atoms with Gasteiger partial charge in [-0.2, -0.15) is 5.26 Å². The lowest BCUT2D eigenvalue weighted by molar-refractivity contribution is -0.113. The first-order valence-corrected chi connectivity index (χ1v) is 9.63. The molecule has 140 valence electrons. The third-order valence-corrected chi connectivity index (χ3v) is 4.88. The van der Waals surface area contributed by atoms with E-state index in [1.54, 1.807) is 30.3 Å². The van der Waals surface area contributed by atoms with Crippen molar-refractivity contribution in [3.8, 4) is 17.5 Å². The summed E-state index contributed by atoms with van der Waals surface area (Å²) in [6, 6.07) is 16.9. The van der Waals surface area contributed by atoms with E-state index in [0.29, 0.717) is 23.0 Å². The standard InChI is InChI=1S/C21H19N5OS/c1-3-10-26-20(17-8-4-6-15(2)11-17)24-25-21(26)28-14-19(27)23-18-9-5-7-16(12-18)13-22/h3-9,11-12H,1,10,14H2,2H3,(H,23,27). The molecule has 3 rings (SSSR count). The van der Waals surface area contributed by atoms with Crippen molar-refractivity contribution in [2.45, 2.75) is 18.6 Å². The molecule has 0 unspecified atom stereocenters. The van der Waals surface area contributed by atoms with Crippen LogP contribution in [0.2, 0.25) is 0 Å². The Morgan fingerprint density at radius 1 is 1.29 bits per heavy atom. The van der Waals surface area contributed by atoms with Crippen molar-refractivity contribution in [2.24, 2.45) is 0 Å². The van der Waals surface area contributed by atoms with E-state index < -0.39 is 0 Å². The minimum Gasteiger partial charge on any atom is -0.325 e. The maximum absolute atomic E-state index is 12.3. The molecular weight excluding hydrogens is 370 g/mol. The van der Waals surface area contributed by atoms with E-state index in [2.05, 4.69) is 28.2 Å². The average Bonchev–Trinajstić information content (AvgIpc) is 3.09. The predicted molar refractivity (Wildman–Crippen MR) is 111 cm³/mol. The first-order valence-electron chi connectivity index (χ1n) is 8.64. The maximum Gasteiger partial charge on any atom is 0.234 e. The van der Waals surface area contributed by atoms with Crippen molar-refractivity contribution in [2.75, 3.05) is 11.1 Å². The maximum atomic E-state index is 12.3. The molecule has 7 heteroatoms. The highest BCUT2D eigenvalue weighted by molar-refractivity contribution is 7.99. The zero-order valence-corrected chi connectivity index (χ0v) is 16.2. The lowest BCUT2D eigenvalue weighted by Crippen LogP contribution is -2.14. The first kappa shape index (κ1) is 19.4. The molecule has 0 aliphatic heterocycles. The monoisotopic (exact) mass is 389 g/mol. The van der Waals surface area contributed by atoms with Crippen LogP contribution in [0, 0.1) is 18.3 Å². The molecule has 6 nitrogen and oxygen atoms in total. The summed E-state index contributed by atoms with van der Waals surface area (Å²) in [4.78, 5) is 12.3. The molecule has 1 aromatic heterocycles. The van der Waals surface area contributed by atoms with Crippen LogP contribution in [0.3, 0.4) is 0 Å². The van der Waals surface area contributed by atoms with Gasteiger partial charge in [-0.15, -0.1) is 16.8 Å². The van der Waals surface area contributed by atoms with Crippen molar-refractivity contribution < 1.29 is 4.79 Å². The third-order valence-electron chi connectivity index (χ3n) is 3.91. The predicted octanol–water partition coefficient (Wildman–Crippen LogP) is 4.04. The van der Waals surface area contributed by atoms with Gasteiger partial charge in [0, 0.05) is 17.8 Å². The molecule has 0 fully saturated rings. The van der Waals surface area contributed by atoms with Crippen molar-refractivity contribution in [1.29, 1.82) is 5.26 Å². The highest BCUT2D eigenvalue weighted by Gasteiger charge is 2.15. The van der Waals surface area contributed by atoms with E-state index in [1.165, 1.54) is 11.8 Å². The van der Waals surface area contributed by atoms with Crippen molar-refractivity contribution >= 4 is 23.4 Å². The van der Waals surface area contributed by atoms with Gasteiger partial charge >= 0.3 is 0 Å². The SMILES string of the molecule is C=CCn1c(SCC(=O)Nc2cccc(C#N)c2)nnc1-c1cccc(C)c1. The number of amides is 1. The van der Waals surface area contributed by atoms with Gasteiger partial charge in [-0.05, 0) is 31.2 Å². The van der Waals surface area contributed by atoms with Crippen LogP contribution in [-0.4, -0.2) is 26.4 Å². The number of aromatic nitrogens is 3. The molecule has 1 amide bonds. The van der Waals surface area contributed by atoms with Gasteiger partial charge in [-0.25, -0.2) is 0 Å². The number of carbonyl (C=O) groups excluding carboxylic acids is 1. The van der Waals surface area contributed by atoms with Crippen LogP contribution in [0.5, 0.6) is 0 Å². The largest absolute Gasteiger partial charge is 0.325 e. The summed E-state index contributed by atoms with van der Waals surface area (Å²) in [6.45, 7) is 6.38. The molecule has 0 saturated carbocycles. The topological polar surface area (TPSA) is 83.6 Å². The van der Waals surface area contributed by atoms with Gasteiger partial charge in [0.05, 0.1) is 17.4 Å². The van der Waals surface area contributed by atoms with Crippen LogP contribution in [0.25, 0.3) is 11.4 Å². The summed E-state index contributed by atoms with van der Waals surface area (Å²) >= 11 is 1.31. The fourth-order valence-corrected chi connectivity index (χ4v) is 3.43. The average molecular weight is 389 g/mol. The number of nitriles is 1. The Hall–Kier alpha value is -3.37. The van der Waals surface area contributed by atoms with Crippen LogP contribution in [0.4, 0.5) is 5.69 Å². The van der Waals surface area contributed by atoms with Crippen LogP contribution in [0.15, 0.2) is 66.3 Å². The van der Waals surface area contributed by atoms with Crippen LogP contribution in [0.1, 0.15) is 11.1 Å². The number of hydrogen-bond donors (Lipinski definition) is 1. The molecule has 3 aromatic rings. The Bertz CT molecular complexity index is 1050. The van der Waals surface area contributed by atoms with Crippen molar-refractivity contribution in [1.82, 2.24) is 14.8 Å². The molecule has 0 atom stereocenters. The second kappa shape index (κ2) is 9.02. The Morgan fingerprint density at radius 2 is 2.11 bits per heavy atom. The first-order chi connectivity index (χ1) is 13.6. The smallest absolute Gasteiger partial charge is 0.234 e. The number of hydrogen-bond acceptors (Lipinski definition) is 5. The summed E-state index contributed by atoms with van der Waals surface area (Å²) in [5.74, 6) is 0.749. The Balaban J connectivity index is 1.72. The number of benzene rings is 2. The molecule has 0 aliphatic rings. The van der Waals surface area contributed by atoms with Crippen molar-refractivity contribution in [3.05, 3.63) is 72.3 Å². The third kappa shape index (κ3) is 4.67. The fourth-order valence-electron chi connectivity index (χ4n) is 2.68. The number of nitrogens with zero attached hydrogens (tertiary/aromatic N) is 4. The number of allylic oxidation sites excluding steroid dienone is 1. The number of aryl methyl sites for hydroxylation is 1. The second-order valence-corrected chi connectivity index (χ2v) is 7.05. The second-order valence-electron chi connectivity index (χ2n) is 6.10. The van der Waals surface area contributed by atoms with E-state index in [0.717, 1.165) is 17.0 Å². The molecular formula is C21H19N5OS. The lowest BCUT2D eigenvalue weighted by Gasteiger charge is -2.09. The van der Waals surface area contributed by atoms with Gasteiger partial charge in [-0.3, -0.25) is 9.36 Å². The van der Waals surface area contributed by atoms with E-state index >= 15 is 0 Å². The molecule has 0 bridgehead atoms. The van der Waals surface area contributed by atoms with Crippen LogP contribution in [-0.2, 0) is 11.3 Å². The number of thioether (sulfide) groups is 1. The van der Waals surface area contributed by atoms with Gasteiger partial charge < -0.3 is 5.32 Å². The number of nitrogens with one attached hydrogen (secondary N) is 1. The summed E-state index contributed by atoms with van der Waals surface area (Å²) in [5.41, 5.74) is 3.20. The molecule has 0 saturated heterocycles. The summed E-state index contributed by atoms with van der Waals surface area (Å²) in [6.07, 6.45) is 1.78. The Kier molecular flexibility index (Phi) is 6.25. The zero-order chi connectivity index (χ0) is 19.9. The summed E-state index contributed by atoms with van der Waals surface area (Å²) in [5, 5.41) is 21.0. The van der Waals surface area contributed by atoms with Gasteiger partial charge in [0.2, 0.25) is 5.91 Å². The molecule has 1 N–H and O–H groups in total. The summed E-state index contributed by atoms with van der Waals surface area (Å²) < 4.78 is 1.94. The minimum atomic E-state index is -0.176. The molecule has 1 heterocycles.